The molecule has 1 saturated heterocycles. The van der Waals surface area contributed by atoms with E-state index in [9.17, 15) is 9.90 Å². The average molecular weight is 381 g/mol. The normalized spacial score (nSPS) is 17.9. The van der Waals surface area contributed by atoms with Gasteiger partial charge in [0.15, 0.2) is 0 Å². The highest BCUT2D eigenvalue weighted by molar-refractivity contribution is 5.94. The van der Waals surface area contributed by atoms with Crippen molar-refractivity contribution in [1.29, 1.82) is 0 Å². The standard InChI is InChI=1S/C24H32N2O2/c1-15-8-9-20(13-16(15)2)24(28)26-22(21-7-5-6-12-25-21)14-19-10-11-23(27)18(4)17(19)3/h8-11,13,21-22,25,27H,5-7,12,14H2,1-4H3,(H,26,28). The van der Waals surface area contributed by atoms with Crippen molar-refractivity contribution in [2.24, 2.45) is 0 Å². The molecule has 3 rings (SSSR count). The molecule has 0 bridgehead atoms. The summed E-state index contributed by atoms with van der Waals surface area (Å²) >= 11 is 0. The van der Waals surface area contributed by atoms with Gasteiger partial charge in [-0.3, -0.25) is 4.79 Å². The molecular weight excluding hydrogens is 348 g/mol. The first-order valence-electron chi connectivity index (χ1n) is 10.3. The lowest BCUT2D eigenvalue weighted by Gasteiger charge is -2.32. The van der Waals surface area contributed by atoms with Gasteiger partial charge in [-0.05, 0) is 99.5 Å². The number of aryl methyl sites for hydroxylation is 2. The van der Waals surface area contributed by atoms with E-state index >= 15 is 0 Å². The third-order valence-electron chi connectivity index (χ3n) is 6.23. The van der Waals surface area contributed by atoms with Crippen LogP contribution in [0.3, 0.4) is 0 Å². The van der Waals surface area contributed by atoms with Gasteiger partial charge < -0.3 is 15.7 Å². The van der Waals surface area contributed by atoms with Crippen LogP contribution in [0.1, 0.15) is 57.4 Å². The van der Waals surface area contributed by atoms with Crippen LogP contribution in [0.15, 0.2) is 30.3 Å². The fourth-order valence-electron chi connectivity index (χ4n) is 3.97. The molecule has 0 radical (unpaired) electrons. The maximum Gasteiger partial charge on any atom is 0.251 e. The Morgan fingerprint density at radius 1 is 1.11 bits per heavy atom. The molecule has 1 aliphatic rings. The van der Waals surface area contributed by atoms with Crippen molar-refractivity contribution < 1.29 is 9.90 Å². The lowest BCUT2D eigenvalue weighted by Crippen LogP contribution is -2.52. The summed E-state index contributed by atoms with van der Waals surface area (Å²) in [6, 6.07) is 9.88. The molecule has 4 heteroatoms. The maximum atomic E-state index is 13.0. The summed E-state index contributed by atoms with van der Waals surface area (Å²) in [5.41, 5.74) is 6.22. The first-order chi connectivity index (χ1) is 13.4. The van der Waals surface area contributed by atoms with Crippen molar-refractivity contribution in [2.75, 3.05) is 6.54 Å². The molecule has 0 aliphatic carbocycles. The van der Waals surface area contributed by atoms with Gasteiger partial charge in [-0.15, -0.1) is 0 Å². The molecular formula is C24H32N2O2. The number of hydrogen-bond acceptors (Lipinski definition) is 3. The van der Waals surface area contributed by atoms with E-state index in [2.05, 4.69) is 17.6 Å². The number of phenols is 1. The van der Waals surface area contributed by atoms with Crippen molar-refractivity contribution in [3.05, 3.63) is 63.7 Å². The minimum atomic E-state index is -0.0198. The van der Waals surface area contributed by atoms with Gasteiger partial charge in [0.1, 0.15) is 5.75 Å². The number of rotatable bonds is 5. The number of carbonyl (C=O) groups is 1. The topological polar surface area (TPSA) is 61.4 Å². The summed E-state index contributed by atoms with van der Waals surface area (Å²) in [7, 11) is 0. The lowest BCUT2D eigenvalue weighted by molar-refractivity contribution is 0.0923. The molecule has 150 valence electrons. The fraction of sp³-hybridized carbons (Fsp3) is 0.458. The van der Waals surface area contributed by atoms with Gasteiger partial charge in [0.2, 0.25) is 0 Å². The number of nitrogens with one attached hydrogen (secondary N) is 2. The summed E-state index contributed by atoms with van der Waals surface area (Å²) in [5, 5.41) is 16.9. The lowest BCUT2D eigenvalue weighted by atomic mass is 9.90. The van der Waals surface area contributed by atoms with Crippen LogP contribution in [-0.2, 0) is 6.42 Å². The second kappa shape index (κ2) is 8.78. The van der Waals surface area contributed by atoms with Crippen LogP contribution in [0.4, 0.5) is 0 Å². The molecule has 1 fully saturated rings. The van der Waals surface area contributed by atoms with Crippen molar-refractivity contribution in [1.82, 2.24) is 10.6 Å². The van der Waals surface area contributed by atoms with Crippen LogP contribution in [0.5, 0.6) is 5.75 Å². The summed E-state index contributed by atoms with van der Waals surface area (Å²) in [4.78, 5) is 13.0. The first kappa shape index (κ1) is 20.4. The zero-order valence-electron chi connectivity index (χ0n) is 17.4. The Balaban J connectivity index is 1.83. The van der Waals surface area contributed by atoms with Gasteiger partial charge in [0, 0.05) is 17.6 Å². The van der Waals surface area contributed by atoms with Gasteiger partial charge >= 0.3 is 0 Å². The number of piperidine rings is 1. The molecule has 2 aromatic carbocycles. The number of carbonyl (C=O) groups excluding carboxylic acids is 1. The number of phenolic OH excluding ortho intramolecular Hbond substituents is 1. The Kier molecular flexibility index (Phi) is 6.40. The third-order valence-corrected chi connectivity index (χ3v) is 6.23. The van der Waals surface area contributed by atoms with E-state index in [1.807, 2.05) is 45.0 Å². The molecule has 0 saturated carbocycles. The van der Waals surface area contributed by atoms with Crippen LogP contribution < -0.4 is 10.6 Å². The SMILES string of the molecule is Cc1ccc(C(=O)NC(Cc2ccc(O)c(C)c2C)C2CCCCN2)cc1C. The summed E-state index contributed by atoms with van der Waals surface area (Å²) in [5.74, 6) is 0.307. The molecule has 2 aromatic rings. The monoisotopic (exact) mass is 380 g/mol. The van der Waals surface area contributed by atoms with Crippen LogP contribution in [-0.4, -0.2) is 29.6 Å². The van der Waals surface area contributed by atoms with Crippen molar-refractivity contribution in [3.8, 4) is 5.75 Å². The van der Waals surface area contributed by atoms with Gasteiger partial charge in [-0.2, -0.15) is 0 Å². The molecule has 1 heterocycles. The largest absolute Gasteiger partial charge is 0.508 e. The minimum Gasteiger partial charge on any atom is -0.508 e. The Labute approximate surface area is 168 Å². The van der Waals surface area contributed by atoms with Crippen molar-refractivity contribution in [2.45, 2.75) is 65.5 Å². The van der Waals surface area contributed by atoms with E-state index in [1.165, 1.54) is 24.0 Å². The molecule has 2 unspecified atom stereocenters. The van der Waals surface area contributed by atoms with Crippen molar-refractivity contribution >= 4 is 5.91 Å². The highest BCUT2D eigenvalue weighted by Crippen LogP contribution is 2.25. The smallest absolute Gasteiger partial charge is 0.251 e. The molecule has 0 spiro atoms. The Hall–Kier alpha value is -2.33. The van der Waals surface area contributed by atoms with Gasteiger partial charge in [-0.1, -0.05) is 18.6 Å². The number of aromatic hydroxyl groups is 1. The highest BCUT2D eigenvalue weighted by Gasteiger charge is 2.26. The van der Waals surface area contributed by atoms with Gasteiger partial charge in [0.05, 0.1) is 0 Å². The van der Waals surface area contributed by atoms with E-state index in [0.29, 0.717) is 11.3 Å². The zero-order chi connectivity index (χ0) is 20.3. The quantitative estimate of drug-likeness (QED) is 0.732. The first-order valence-corrected chi connectivity index (χ1v) is 10.3. The highest BCUT2D eigenvalue weighted by atomic mass is 16.3. The molecule has 1 amide bonds. The summed E-state index contributed by atoms with van der Waals surface area (Å²) in [6.45, 7) is 9.07. The maximum absolute atomic E-state index is 13.0. The van der Waals surface area contributed by atoms with E-state index in [1.54, 1.807) is 6.07 Å². The Bertz CT molecular complexity index is 854. The second-order valence-electron chi connectivity index (χ2n) is 8.13. The molecule has 3 N–H and O–H groups in total. The molecule has 1 aliphatic heterocycles. The average Bonchev–Trinajstić information content (AvgIpc) is 2.70. The zero-order valence-corrected chi connectivity index (χ0v) is 17.4. The van der Waals surface area contributed by atoms with Gasteiger partial charge in [-0.25, -0.2) is 0 Å². The minimum absolute atomic E-state index is 0.0112. The van der Waals surface area contributed by atoms with E-state index in [4.69, 9.17) is 0 Å². The van der Waals surface area contributed by atoms with E-state index < -0.39 is 0 Å². The second-order valence-corrected chi connectivity index (χ2v) is 8.13. The molecule has 2 atom stereocenters. The Morgan fingerprint density at radius 3 is 2.57 bits per heavy atom. The fourth-order valence-corrected chi connectivity index (χ4v) is 3.97. The molecule has 28 heavy (non-hydrogen) atoms. The van der Waals surface area contributed by atoms with Crippen molar-refractivity contribution in [3.63, 3.8) is 0 Å². The van der Waals surface area contributed by atoms with Gasteiger partial charge in [0.25, 0.3) is 5.91 Å². The van der Waals surface area contributed by atoms with E-state index in [-0.39, 0.29) is 18.0 Å². The predicted octanol–water partition coefficient (Wildman–Crippen LogP) is 4.11. The Morgan fingerprint density at radius 2 is 1.89 bits per heavy atom. The van der Waals surface area contributed by atoms with Crippen LogP contribution in [0.25, 0.3) is 0 Å². The number of hydrogen-bond donors (Lipinski definition) is 3. The van der Waals surface area contributed by atoms with E-state index in [0.717, 1.165) is 36.1 Å². The predicted molar refractivity (Wildman–Crippen MR) is 114 cm³/mol. The summed E-state index contributed by atoms with van der Waals surface area (Å²) in [6.07, 6.45) is 4.18. The third kappa shape index (κ3) is 4.56. The van der Waals surface area contributed by atoms with Crippen LogP contribution in [0, 0.1) is 27.7 Å². The molecule has 4 nitrogen and oxygen atoms in total. The molecule has 0 aromatic heterocycles. The summed E-state index contributed by atoms with van der Waals surface area (Å²) < 4.78 is 0. The number of amides is 1. The number of benzene rings is 2. The van der Waals surface area contributed by atoms with Crippen LogP contribution in [0.2, 0.25) is 0 Å². The van der Waals surface area contributed by atoms with Crippen LogP contribution >= 0.6 is 0 Å².